The Hall–Kier alpha value is -4.68. The first-order chi connectivity index (χ1) is 18.5. The fourth-order valence-corrected chi connectivity index (χ4v) is 3.90. The van der Waals surface area contributed by atoms with Gasteiger partial charge < -0.3 is 10.6 Å². The summed E-state index contributed by atoms with van der Waals surface area (Å²) in [4.78, 5) is 30.4. The lowest BCUT2D eigenvalue weighted by Gasteiger charge is -2.15. The molecule has 200 valence electrons. The van der Waals surface area contributed by atoms with Crippen LogP contribution >= 0.6 is 11.6 Å². The molecule has 16 heteroatoms. The highest BCUT2D eigenvalue weighted by atomic mass is 35.5. The Bertz CT molecular complexity index is 1610. The maximum Gasteiger partial charge on any atom is 0.453 e. The van der Waals surface area contributed by atoms with Crippen LogP contribution in [0, 0.1) is 18.3 Å². The molecule has 0 radical (unpaired) electrons. The maximum absolute atomic E-state index is 13.5. The molecule has 0 atom stereocenters. The second-order valence-corrected chi connectivity index (χ2v) is 8.54. The molecular weight excluding hydrogens is 541 g/mol. The van der Waals surface area contributed by atoms with E-state index in [0.29, 0.717) is 10.2 Å². The molecule has 3 heterocycles. The van der Waals surface area contributed by atoms with Crippen molar-refractivity contribution in [3.8, 4) is 11.9 Å². The van der Waals surface area contributed by atoms with E-state index in [1.807, 2.05) is 6.07 Å². The van der Waals surface area contributed by atoms with Crippen LogP contribution in [-0.4, -0.2) is 60.3 Å². The van der Waals surface area contributed by atoms with Gasteiger partial charge >= 0.3 is 6.18 Å². The molecule has 0 aliphatic carbocycles. The molecule has 1 aromatic carbocycles. The molecule has 4 rings (SSSR count). The van der Waals surface area contributed by atoms with E-state index in [1.165, 1.54) is 30.5 Å². The molecule has 0 bridgehead atoms. The molecule has 0 fully saturated rings. The van der Waals surface area contributed by atoms with Crippen molar-refractivity contribution in [2.75, 3.05) is 18.9 Å². The molecule has 0 aliphatic heterocycles. The van der Waals surface area contributed by atoms with E-state index < -0.39 is 24.5 Å². The summed E-state index contributed by atoms with van der Waals surface area (Å²) >= 11 is 6.27. The molecular formula is C23H18ClF3N10O2. The van der Waals surface area contributed by atoms with Crippen molar-refractivity contribution in [1.29, 1.82) is 5.26 Å². The molecule has 0 unspecified atom stereocenters. The Morgan fingerprint density at radius 3 is 2.67 bits per heavy atom. The highest BCUT2D eigenvalue weighted by Crippen LogP contribution is 2.28. The van der Waals surface area contributed by atoms with E-state index in [0.717, 1.165) is 4.68 Å². The van der Waals surface area contributed by atoms with Gasteiger partial charge in [0.1, 0.15) is 5.69 Å². The fraction of sp³-hybridized carbons (Fsp3) is 0.217. The first kappa shape index (κ1) is 27.4. The van der Waals surface area contributed by atoms with Gasteiger partial charge in [-0.15, -0.1) is 5.10 Å². The van der Waals surface area contributed by atoms with Crippen molar-refractivity contribution in [3.63, 3.8) is 0 Å². The Morgan fingerprint density at radius 1 is 1.23 bits per heavy atom. The van der Waals surface area contributed by atoms with Crippen molar-refractivity contribution in [2.45, 2.75) is 19.6 Å². The highest BCUT2D eigenvalue weighted by Gasteiger charge is 2.38. The lowest BCUT2D eigenvalue weighted by Crippen LogP contribution is -2.23. The van der Waals surface area contributed by atoms with Crippen molar-refractivity contribution in [1.82, 2.24) is 40.3 Å². The van der Waals surface area contributed by atoms with Crippen LogP contribution in [0.3, 0.4) is 0 Å². The Balaban J connectivity index is 1.79. The number of Topliss-reactive ketones (excluding diaryl/α,β-unsaturated/α-hetero) is 1. The topological polar surface area (TPSA) is 156 Å². The van der Waals surface area contributed by atoms with Gasteiger partial charge in [0.2, 0.25) is 0 Å². The zero-order valence-electron chi connectivity index (χ0n) is 20.3. The average Bonchev–Trinajstić information content (AvgIpc) is 3.53. The predicted molar refractivity (Wildman–Crippen MR) is 130 cm³/mol. The highest BCUT2D eigenvalue weighted by molar-refractivity contribution is 6.32. The van der Waals surface area contributed by atoms with Gasteiger partial charge in [0, 0.05) is 11.8 Å². The minimum Gasteiger partial charge on any atom is -0.320 e. The van der Waals surface area contributed by atoms with Crippen LogP contribution in [0.15, 0.2) is 36.5 Å². The number of anilines is 1. The van der Waals surface area contributed by atoms with Crippen LogP contribution in [-0.2, 0) is 12.7 Å². The van der Waals surface area contributed by atoms with Crippen LogP contribution in [0.25, 0.3) is 5.82 Å². The summed E-state index contributed by atoms with van der Waals surface area (Å²) in [6, 6.07) is 9.11. The lowest BCUT2D eigenvalue weighted by molar-refractivity contribution is -0.147. The number of aromatic nitrogens is 7. The lowest BCUT2D eigenvalue weighted by atomic mass is 10.00. The average molecular weight is 559 g/mol. The maximum atomic E-state index is 13.5. The molecule has 0 spiro atoms. The second kappa shape index (κ2) is 11.0. The third-order valence-electron chi connectivity index (χ3n) is 5.37. The first-order valence-corrected chi connectivity index (χ1v) is 11.5. The summed E-state index contributed by atoms with van der Waals surface area (Å²) in [6.45, 7) is 1.03. The quantitative estimate of drug-likeness (QED) is 0.310. The van der Waals surface area contributed by atoms with Gasteiger partial charge in [0.25, 0.3) is 11.7 Å². The number of carbonyl (C=O) groups is 2. The third-order valence-corrected chi connectivity index (χ3v) is 5.67. The van der Waals surface area contributed by atoms with Gasteiger partial charge in [-0.1, -0.05) is 11.6 Å². The number of nitrogens with zero attached hydrogens (tertiary/aromatic N) is 8. The molecule has 0 aliphatic rings. The van der Waals surface area contributed by atoms with E-state index in [-0.39, 0.29) is 51.4 Å². The molecule has 4 aromatic rings. The van der Waals surface area contributed by atoms with Crippen LogP contribution in [0.2, 0.25) is 5.02 Å². The Morgan fingerprint density at radius 2 is 2.00 bits per heavy atom. The number of pyridine rings is 1. The number of nitrogens with one attached hydrogen (secondary N) is 2. The van der Waals surface area contributed by atoms with Gasteiger partial charge in [0.15, 0.2) is 11.6 Å². The summed E-state index contributed by atoms with van der Waals surface area (Å²) in [6.07, 6.45) is -3.42. The number of tetrazole rings is 1. The number of rotatable bonds is 8. The molecule has 3 aromatic heterocycles. The van der Waals surface area contributed by atoms with Gasteiger partial charge in [0.05, 0.1) is 41.1 Å². The SMILES string of the molecule is CNCC(=O)c1cc(C#N)cc(C)c1NC(=O)c1cc(Cn2nnnc2C(F)(F)F)nn1-c1ncccc1Cl. The summed E-state index contributed by atoms with van der Waals surface area (Å²) in [5.74, 6) is -2.46. The number of hydrogen-bond acceptors (Lipinski definition) is 9. The van der Waals surface area contributed by atoms with Crippen LogP contribution in [0.1, 0.15) is 43.5 Å². The van der Waals surface area contributed by atoms with E-state index >= 15 is 0 Å². The standard InChI is InChI=1S/C23H18ClF3N10O2/c1-12-6-13(9-28)7-15(18(38)10-29-2)19(12)31-21(39)17-8-14(11-36-22(23(25,26)27)32-34-35-36)33-37(17)20-16(24)4-3-5-30-20/h3-8,29H,10-11H2,1-2H3,(H,31,39). The fourth-order valence-electron chi connectivity index (χ4n) is 3.70. The number of alkyl halides is 3. The summed E-state index contributed by atoms with van der Waals surface area (Å²) in [5, 5.41) is 28.5. The number of amides is 1. The number of aryl methyl sites for hydroxylation is 1. The van der Waals surface area contributed by atoms with Crippen LogP contribution in [0.4, 0.5) is 18.9 Å². The van der Waals surface area contributed by atoms with Gasteiger partial charge in [-0.3, -0.25) is 9.59 Å². The van der Waals surface area contributed by atoms with Crippen LogP contribution in [0.5, 0.6) is 0 Å². The van der Waals surface area contributed by atoms with E-state index in [1.54, 1.807) is 20.0 Å². The normalized spacial score (nSPS) is 11.3. The minimum atomic E-state index is -4.82. The number of benzene rings is 1. The van der Waals surface area contributed by atoms with Crippen molar-refractivity contribution in [2.24, 2.45) is 0 Å². The number of carbonyl (C=O) groups excluding carboxylic acids is 2. The summed E-state index contributed by atoms with van der Waals surface area (Å²) in [7, 11) is 1.57. The van der Waals surface area contributed by atoms with Gasteiger partial charge in [-0.2, -0.15) is 23.5 Å². The number of hydrogen-bond donors (Lipinski definition) is 2. The van der Waals surface area contributed by atoms with Crippen molar-refractivity contribution >= 4 is 29.0 Å². The Labute approximate surface area is 223 Å². The van der Waals surface area contributed by atoms with Gasteiger partial charge in [-0.25, -0.2) is 14.3 Å². The first-order valence-electron chi connectivity index (χ1n) is 11.1. The van der Waals surface area contributed by atoms with Crippen LogP contribution < -0.4 is 10.6 Å². The molecule has 0 saturated heterocycles. The minimum absolute atomic E-state index is 0.0114. The number of likely N-dealkylation sites (N-methyl/N-ethyl adjacent to an activating group) is 1. The predicted octanol–water partition coefficient (Wildman–Crippen LogP) is 2.81. The van der Waals surface area contributed by atoms with Crippen molar-refractivity contribution in [3.05, 3.63) is 75.5 Å². The Kier molecular flexibility index (Phi) is 7.70. The number of halogens is 4. The second-order valence-electron chi connectivity index (χ2n) is 8.13. The third kappa shape index (κ3) is 5.76. The van der Waals surface area contributed by atoms with Gasteiger partial charge in [-0.05, 0) is 60.3 Å². The summed E-state index contributed by atoms with van der Waals surface area (Å²) in [5.41, 5.74) is 0.748. The summed E-state index contributed by atoms with van der Waals surface area (Å²) < 4.78 is 41.4. The van der Waals surface area contributed by atoms with E-state index in [2.05, 4.69) is 36.2 Å². The molecule has 39 heavy (non-hydrogen) atoms. The van der Waals surface area contributed by atoms with E-state index in [4.69, 9.17) is 11.6 Å². The smallest absolute Gasteiger partial charge is 0.320 e. The molecule has 0 saturated carbocycles. The molecule has 12 nitrogen and oxygen atoms in total. The monoisotopic (exact) mass is 558 g/mol. The number of ketones is 1. The largest absolute Gasteiger partial charge is 0.453 e. The van der Waals surface area contributed by atoms with E-state index in [9.17, 15) is 28.0 Å². The number of nitriles is 1. The molecule has 2 N–H and O–H groups in total. The zero-order valence-corrected chi connectivity index (χ0v) is 21.0. The van der Waals surface area contributed by atoms with Crippen molar-refractivity contribution < 1.29 is 22.8 Å². The molecule has 1 amide bonds. The zero-order chi connectivity index (χ0) is 28.3.